The Morgan fingerprint density at radius 3 is 1.52 bits per heavy atom. The molecule has 66 heavy (non-hydrogen) atoms. The average molecular weight is 910 g/mol. The summed E-state index contributed by atoms with van der Waals surface area (Å²) in [6, 6.07) is 21.2. The van der Waals surface area contributed by atoms with Gasteiger partial charge in [0.25, 0.3) is 0 Å². The average Bonchev–Trinajstić information content (AvgIpc) is 3.20. The molecule has 1 N–H and O–H groups in total. The Balaban J connectivity index is 1.36. The van der Waals surface area contributed by atoms with E-state index in [1.807, 2.05) is 139 Å². The first-order chi connectivity index (χ1) is 31.1. The van der Waals surface area contributed by atoms with Gasteiger partial charge in [-0.15, -0.1) is 0 Å². The molecule has 1 fully saturated rings. The van der Waals surface area contributed by atoms with E-state index in [0.29, 0.717) is 77.7 Å². The smallest absolute Gasteiger partial charge is 0.320 e. The number of aromatic nitrogens is 3. The highest BCUT2D eigenvalue weighted by atomic mass is 16.6. The van der Waals surface area contributed by atoms with Gasteiger partial charge < -0.3 is 19.5 Å². The maximum atomic E-state index is 13.7. The summed E-state index contributed by atoms with van der Waals surface area (Å²) in [5, 5.41) is 4.01. The van der Waals surface area contributed by atoms with E-state index < -0.39 is 16.8 Å². The number of esters is 3. The lowest BCUT2D eigenvalue weighted by molar-refractivity contribution is -0.158. The number of anilines is 1. The van der Waals surface area contributed by atoms with E-state index >= 15 is 0 Å². The van der Waals surface area contributed by atoms with Crippen LogP contribution in [0.4, 0.5) is 5.69 Å². The molecular weight excluding hydrogens is 839 g/mol. The fourth-order valence-electron chi connectivity index (χ4n) is 7.53. The van der Waals surface area contributed by atoms with Gasteiger partial charge in [0.2, 0.25) is 5.91 Å². The highest BCUT2D eigenvalue weighted by Gasteiger charge is 2.26. The number of pyridine rings is 3. The Morgan fingerprint density at radius 1 is 0.545 bits per heavy atom. The molecule has 1 amide bonds. The van der Waals surface area contributed by atoms with Crippen LogP contribution in [0.3, 0.4) is 0 Å². The van der Waals surface area contributed by atoms with Gasteiger partial charge in [-0.1, -0.05) is 30.3 Å². The molecule has 358 valence electrons. The van der Waals surface area contributed by atoms with Gasteiger partial charge in [-0.05, 0) is 98.7 Å². The minimum Gasteiger partial charge on any atom is -0.459 e. The number of carbonyl (C=O) groups is 4. The fraction of sp³-hybridized carbons (Fsp3) is 0.540. The minimum atomic E-state index is -0.641. The molecule has 0 aliphatic carbocycles. The summed E-state index contributed by atoms with van der Waals surface area (Å²) in [6.07, 6.45) is 3.46. The van der Waals surface area contributed by atoms with Gasteiger partial charge in [-0.25, -0.2) is 0 Å². The van der Waals surface area contributed by atoms with Crippen LogP contribution < -0.4 is 5.32 Å². The summed E-state index contributed by atoms with van der Waals surface area (Å²) in [6.45, 7) is 22.5. The van der Waals surface area contributed by atoms with Crippen LogP contribution in [0.5, 0.6) is 0 Å². The molecule has 1 aliphatic rings. The fourth-order valence-corrected chi connectivity index (χ4v) is 7.53. The Kier molecular flexibility index (Phi) is 18.7. The largest absolute Gasteiger partial charge is 0.459 e. The highest BCUT2D eigenvalue weighted by molar-refractivity contribution is 6.00. The molecule has 0 atom stereocenters. The zero-order valence-electron chi connectivity index (χ0n) is 40.5. The lowest BCUT2D eigenvalue weighted by Crippen LogP contribution is -2.49. The molecule has 1 aliphatic heterocycles. The van der Waals surface area contributed by atoms with Crippen LogP contribution in [0.1, 0.15) is 79.4 Å². The zero-order chi connectivity index (χ0) is 47.9. The van der Waals surface area contributed by atoms with E-state index in [0.717, 1.165) is 28.0 Å². The number of para-hydroxylation sites is 1. The van der Waals surface area contributed by atoms with Crippen molar-refractivity contribution in [3.8, 4) is 0 Å². The molecular formula is C50H71N9O7. The van der Waals surface area contributed by atoms with Crippen molar-refractivity contribution in [3.05, 3.63) is 96.2 Å². The quantitative estimate of drug-likeness (QED) is 0.119. The first-order valence-electron chi connectivity index (χ1n) is 22.9. The standard InChI is InChI=1S/C50H71N9O7/c1-48(2,3)64-44(61)35-56-25-23-55(24-26-57(36-45(62)65-49(4,5)6)28-30-58(29-27-56)37-46(63)66-50(7,8)9)32-40-18-13-19-41(53-40)33-59(31-39-17-10-11-21-51-39)34-43(60)54-42-20-12-15-38-16-14-22-52-47(38)42/h10-22H,23-37H2,1-9H3,(H,54,60). The number of hydrogen-bond donors (Lipinski definition) is 1. The molecule has 16 heteroatoms. The second-order valence-corrected chi connectivity index (χ2v) is 19.9. The summed E-state index contributed by atoms with van der Waals surface area (Å²) >= 11 is 0. The van der Waals surface area contributed by atoms with Gasteiger partial charge in [0.05, 0.1) is 54.5 Å². The normalized spacial score (nSPS) is 15.7. The predicted molar refractivity (Wildman–Crippen MR) is 255 cm³/mol. The van der Waals surface area contributed by atoms with E-state index in [1.54, 1.807) is 12.4 Å². The minimum absolute atomic E-state index is 0.0671. The zero-order valence-corrected chi connectivity index (χ0v) is 40.5. The second kappa shape index (κ2) is 23.9. The lowest BCUT2D eigenvalue weighted by Gasteiger charge is -2.34. The number of amides is 1. The molecule has 4 heterocycles. The highest BCUT2D eigenvalue weighted by Crippen LogP contribution is 2.21. The van der Waals surface area contributed by atoms with Crippen molar-refractivity contribution in [1.29, 1.82) is 0 Å². The third-order valence-corrected chi connectivity index (χ3v) is 10.3. The van der Waals surface area contributed by atoms with Gasteiger partial charge in [0.1, 0.15) is 16.8 Å². The first-order valence-corrected chi connectivity index (χ1v) is 22.9. The summed E-state index contributed by atoms with van der Waals surface area (Å²) in [4.78, 5) is 77.8. The third kappa shape index (κ3) is 19.2. The van der Waals surface area contributed by atoms with Crippen LogP contribution in [0, 0.1) is 0 Å². The van der Waals surface area contributed by atoms with E-state index in [9.17, 15) is 19.2 Å². The molecule has 0 saturated carbocycles. The Morgan fingerprint density at radius 2 is 1.00 bits per heavy atom. The van der Waals surface area contributed by atoms with E-state index in [1.165, 1.54) is 0 Å². The van der Waals surface area contributed by atoms with Crippen molar-refractivity contribution in [2.45, 2.75) is 98.8 Å². The molecule has 0 bridgehead atoms. The molecule has 1 aromatic carbocycles. The molecule has 4 aromatic rings. The number of benzene rings is 1. The van der Waals surface area contributed by atoms with Crippen LogP contribution in [-0.2, 0) is 53.0 Å². The molecule has 5 rings (SSSR count). The summed E-state index contributed by atoms with van der Waals surface area (Å²) in [5.74, 6) is -1.17. The number of fused-ring (bicyclic) bond motifs is 1. The van der Waals surface area contributed by atoms with Crippen LogP contribution in [0.2, 0.25) is 0 Å². The van der Waals surface area contributed by atoms with E-state index in [2.05, 4.69) is 30.0 Å². The number of nitrogens with one attached hydrogen (secondary N) is 1. The predicted octanol–water partition coefficient (Wildman–Crippen LogP) is 5.41. The summed E-state index contributed by atoms with van der Waals surface area (Å²) in [5.41, 5.74) is 1.91. The number of nitrogens with zero attached hydrogens (tertiary/aromatic N) is 8. The van der Waals surface area contributed by atoms with Gasteiger partial charge in [-0.3, -0.25) is 58.6 Å². The Bertz CT molecular complexity index is 2150. The van der Waals surface area contributed by atoms with Crippen molar-refractivity contribution >= 4 is 40.4 Å². The van der Waals surface area contributed by atoms with Crippen LogP contribution in [0.25, 0.3) is 10.9 Å². The van der Waals surface area contributed by atoms with Crippen molar-refractivity contribution < 1.29 is 33.4 Å². The van der Waals surface area contributed by atoms with Gasteiger partial charge in [0, 0.05) is 89.8 Å². The van der Waals surface area contributed by atoms with Crippen molar-refractivity contribution in [2.75, 3.05) is 83.9 Å². The maximum absolute atomic E-state index is 13.7. The summed E-state index contributed by atoms with van der Waals surface area (Å²) < 4.78 is 17.2. The Labute approximate surface area is 391 Å². The maximum Gasteiger partial charge on any atom is 0.320 e. The van der Waals surface area contributed by atoms with Crippen molar-refractivity contribution in [2.24, 2.45) is 0 Å². The number of rotatable bonds is 15. The topological polar surface area (TPSA) is 163 Å². The third-order valence-electron chi connectivity index (χ3n) is 10.3. The molecule has 0 radical (unpaired) electrons. The SMILES string of the molecule is CC(C)(C)OC(=O)CN1CCN(CC(=O)OC(C)(C)C)CCN(Cc2cccc(CN(CC(=O)Nc3cccc4cccnc34)Cc3ccccn3)n2)CCN(CC(=O)OC(C)(C)C)CC1. The van der Waals surface area contributed by atoms with Crippen LogP contribution in [-0.4, -0.2) is 159 Å². The molecule has 0 spiro atoms. The first kappa shape index (κ1) is 51.6. The number of hydrogen-bond acceptors (Lipinski definition) is 15. The molecule has 0 unspecified atom stereocenters. The van der Waals surface area contributed by atoms with E-state index in [4.69, 9.17) is 19.2 Å². The second-order valence-electron chi connectivity index (χ2n) is 19.9. The van der Waals surface area contributed by atoms with Gasteiger partial charge in [0.15, 0.2) is 0 Å². The van der Waals surface area contributed by atoms with E-state index in [-0.39, 0.29) is 50.0 Å². The molecule has 16 nitrogen and oxygen atoms in total. The monoisotopic (exact) mass is 910 g/mol. The lowest BCUT2D eigenvalue weighted by atomic mass is 10.2. The number of ether oxygens (including phenoxy) is 3. The Hall–Kier alpha value is -5.39. The van der Waals surface area contributed by atoms with Crippen LogP contribution in [0.15, 0.2) is 79.1 Å². The van der Waals surface area contributed by atoms with Gasteiger partial charge in [-0.2, -0.15) is 0 Å². The molecule has 1 saturated heterocycles. The van der Waals surface area contributed by atoms with Crippen LogP contribution >= 0.6 is 0 Å². The molecule has 3 aromatic heterocycles. The summed E-state index contributed by atoms with van der Waals surface area (Å²) in [7, 11) is 0. The number of carbonyl (C=O) groups excluding carboxylic acids is 4. The van der Waals surface area contributed by atoms with Crippen molar-refractivity contribution in [3.63, 3.8) is 0 Å². The van der Waals surface area contributed by atoms with Crippen molar-refractivity contribution in [1.82, 2.24) is 39.5 Å². The van der Waals surface area contributed by atoms with Gasteiger partial charge >= 0.3 is 17.9 Å².